The molecule has 2 heterocycles. The fourth-order valence-corrected chi connectivity index (χ4v) is 4.15. The van der Waals surface area contributed by atoms with Crippen LogP contribution < -0.4 is 4.90 Å². The molecule has 140 valence electrons. The summed E-state index contributed by atoms with van der Waals surface area (Å²) in [6.07, 6.45) is 4.00. The molecule has 1 aliphatic rings. The first kappa shape index (κ1) is 17.9. The lowest BCUT2D eigenvalue weighted by Crippen LogP contribution is -2.36. The van der Waals surface area contributed by atoms with E-state index in [-0.39, 0.29) is 6.10 Å². The van der Waals surface area contributed by atoms with Crippen LogP contribution in [0.1, 0.15) is 12.8 Å². The quantitative estimate of drug-likeness (QED) is 0.749. The summed E-state index contributed by atoms with van der Waals surface area (Å²) in [6, 6.07) is 12.8. The van der Waals surface area contributed by atoms with E-state index in [9.17, 15) is 13.5 Å². The van der Waals surface area contributed by atoms with Crippen LogP contribution in [0.3, 0.4) is 0 Å². The molecule has 1 fully saturated rings. The summed E-state index contributed by atoms with van der Waals surface area (Å²) < 4.78 is 23.4. The molecule has 0 unspecified atom stereocenters. The van der Waals surface area contributed by atoms with Gasteiger partial charge < -0.3 is 10.0 Å². The topological polar surface area (TPSA) is 83.4 Å². The maximum atomic E-state index is 11.7. The molecule has 0 radical (unpaired) electrons. The van der Waals surface area contributed by atoms with Crippen molar-refractivity contribution < 1.29 is 13.5 Å². The van der Waals surface area contributed by atoms with Crippen molar-refractivity contribution in [3.63, 3.8) is 0 Å². The summed E-state index contributed by atoms with van der Waals surface area (Å²) in [6.45, 7) is 1.53. The molecule has 2 aromatic carbocycles. The number of hydrogen-bond donors (Lipinski definition) is 1. The minimum absolute atomic E-state index is 0.238. The van der Waals surface area contributed by atoms with E-state index in [0.29, 0.717) is 4.90 Å². The lowest BCUT2D eigenvalue weighted by Gasteiger charge is -2.31. The number of nitrogens with zero attached hydrogens (tertiary/aromatic N) is 3. The van der Waals surface area contributed by atoms with Crippen molar-refractivity contribution >= 4 is 26.6 Å². The second-order valence-corrected chi connectivity index (χ2v) is 8.93. The molecule has 4 rings (SSSR count). The Morgan fingerprint density at radius 1 is 1.04 bits per heavy atom. The highest BCUT2D eigenvalue weighted by Gasteiger charge is 2.20. The summed E-state index contributed by atoms with van der Waals surface area (Å²) in [7, 11) is -3.22. The molecule has 6 nitrogen and oxygen atoms in total. The maximum Gasteiger partial charge on any atom is 0.175 e. The van der Waals surface area contributed by atoms with Gasteiger partial charge in [-0.05, 0) is 36.6 Å². The number of anilines is 1. The van der Waals surface area contributed by atoms with Crippen molar-refractivity contribution in [3.05, 3.63) is 48.8 Å². The van der Waals surface area contributed by atoms with Gasteiger partial charge in [0.2, 0.25) is 0 Å². The average Bonchev–Trinajstić information content (AvgIpc) is 2.67. The Balaban J connectivity index is 1.78. The van der Waals surface area contributed by atoms with E-state index in [4.69, 9.17) is 0 Å². The van der Waals surface area contributed by atoms with Gasteiger partial charge in [-0.2, -0.15) is 0 Å². The molecule has 0 spiro atoms. The number of benzene rings is 2. The predicted molar refractivity (Wildman–Crippen MR) is 106 cm³/mol. The van der Waals surface area contributed by atoms with Gasteiger partial charge in [0.05, 0.1) is 16.5 Å². The largest absolute Gasteiger partial charge is 0.393 e. The third-order valence-electron chi connectivity index (χ3n) is 5.00. The van der Waals surface area contributed by atoms with E-state index in [2.05, 4.69) is 14.9 Å². The predicted octanol–water partition coefficient (Wildman–Crippen LogP) is 2.66. The van der Waals surface area contributed by atoms with Crippen molar-refractivity contribution in [1.29, 1.82) is 0 Å². The molecule has 7 heteroatoms. The summed E-state index contributed by atoms with van der Waals surface area (Å²) >= 11 is 0. The Hall–Kier alpha value is -2.51. The SMILES string of the molecule is CS(=O)(=O)c1ccc(-c2cccc3c(N4CCC(O)CC4)ncnc23)cc1. The summed E-state index contributed by atoms with van der Waals surface area (Å²) in [5, 5.41) is 10.7. The van der Waals surface area contributed by atoms with Crippen LogP contribution in [0.5, 0.6) is 0 Å². The van der Waals surface area contributed by atoms with Gasteiger partial charge in [-0.1, -0.05) is 24.3 Å². The van der Waals surface area contributed by atoms with E-state index in [0.717, 1.165) is 53.8 Å². The first-order valence-electron chi connectivity index (χ1n) is 8.91. The molecular weight excluding hydrogens is 362 g/mol. The molecule has 0 saturated carbocycles. The Morgan fingerprint density at radius 2 is 1.74 bits per heavy atom. The monoisotopic (exact) mass is 383 g/mol. The van der Waals surface area contributed by atoms with Crippen molar-refractivity contribution in [1.82, 2.24) is 9.97 Å². The fraction of sp³-hybridized carbons (Fsp3) is 0.300. The molecule has 1 aromatic heterocycles. The minimum Gasteiger partial charge on any atom is -0.393 e. The summed E-state index contributed by atoms with van der Waals surface area (Å²) in [4.78, 5) is 11.5. The molecule has 1 aliphatic heterocycles. The van der Waals surface area contributed by atoms with Crippen LogP contribution in [0.15, 0.2) is 53.7 Å². The number of fused-ring (bicyclic) bond motifs is 1. The molecule has 1 N–H and O–H groups in total. The van der Waals surface area contributed by atoms with Crippen LogP contribution in [0, 0.1) is 0 Å². The van der Waals surface area contributed by atoms with Crippen molar-refractivity contribution in [2.45, 2.75) is 23.8 Å². The van der Waals surface area contributed by atoms with E-state index in [1.807, 2.05) is 30.3 Å². The fourth-order valence-electron chi connectivity index (χ4n) is 3.52. The third kappa shape index (κ3) is 3.52. The molecule has 0 amide bonds. The Morgan fingerprint density at radius 3 is 2.41 bits per heavy atom. The van der Waals surface area contributed by atoms with Gasteiger partial charge in [-0.15, -0.1) is 0 Å². The highest BCUT2D eigenvalue weighted by Crippen LogP contribution is 2.32. The number of piperidine rings is 1. The van der Waals surface area contributed by atoms with E-state index >= 15 is 0 Å². The number of para-hydroxylation sites is 1. The Kier molecular flexibility index (Phi) is 4.57. The molecule has 0 bridgehead atoms. The van der Waals surface area contributed by atoms with Gasteiger partial charge in [0, 0.05) is 30.3 Å². The Labute approximate surface area is 158 Å². The zero-order chi connectivity index (χ0) is 19.0. The standard InChI is InChI=1S/C20H21N3O3S/c1-27(25,26)16-7-5-14(6-8-16)17-3-2-4-18-19(17)21-13-22-20(18)23-11-9-15(24)10-12-23/h2-8,13,15,24H,9-12H2,1H3. The van der Waals surface area contributed by atoms with Crippen LogP contribution in [0.4, 0.5) is 5.82 Å². The normalized spacial score (nSPS) is 16.0. The lowest BCUT2D eigenvalue weighted by molar-refractivity contribution is 0.145. The summed E-state index contributed by atoms with van der Waals surface area (Å²) in [5.74, 6) is 0.876. The van der Waals surface area contributed by atoms with E-state index < -0.39 is 9.84 Å². The third-order valence-corrected chi connectivity index (χ3v) is 6.13. The number of sulfone groups is 1. The molecule has 0 atom stereocenters. The zero-order valence-corrected chi connectivity index (χ0v) is 15.9. The van der Waals surface area contributed by atoms with E-state index in [1.165, 1.54) is 6.26 Å². The van der Waals surface area contributed by atoms with Gasteiger partial charge >= 0.3 is 0 Å². The number of aliphatic hydroxyl groups excluding tert-OH is 1. The molecule has 3 aromatic rings. The van der Waals surface area contributed by atoms with Crippen LogP contribution >= 0.6 is 0 Å². The zero-order valence-electron chi connectivity index (χ0n) is 15.0. The average molecular weight is 383 g/mol. The van der Waals surface area contributed by atoms with Gasteiger partial charge in [0.15, 0.2) is 9.84 Å². The second-order valence-electron chi connectivity index (χ2n) is 6.91. The molecule has 0 aliphatic carbocycles. The van der Waals surface area contributed by atoms with Gasteiger partial charge in [0.25, 0.3) is 0 Å². The van der Waals surface area contributed by atoms with Gasteiger partial charge in [-0.3, -0.25) is 0 Å². The highest BCUT2D eigenvalue weighted by atomic mass is 32.2. The van der Waals surface area contributed by atoms with Crippen LogP contribution in [0.2, 0.25) is 0 Å². The molecule has 1 saturated heterocycles. The van der Waals surface area contributed by atoms with Crippen LogP contribution in [0.25, 0.3) is 22.0 Å². The highest BCUT2D eigenvalue weighted by molar-refractivity contribution is 7.90. The number of hydrogen-bond acceptors (Lipinski definition) is 6. The maximum absolute atomic E-state index is 11.7. The van der Waals surface area contributed by atoms with Crippen molar-refractivity contribution in [2.75, 3.05) is 24.2 Å². The van der Waals surface area contributed by atoms with E-state index in [1.54, 1.807) is 18.5 Å². The summed E-state index contributed by atoms with van der Waals surface area (Å²) in [5.41, 5.74) is 2.68. The minimum atomic E-state index is -3.22. The molecule has 27 heavy (non-hydrogen) atoms. The lowest BCUT2D eigenvalue weighted by atomic mass is 10.0. The first-order chi connectivity index (χ1) is 12.9. The van der Waals surface area contributed by atoms with Crippen LogP contribution in [-0.4, -0.2) is 48.9 Å². The number of aliphatic hydroxyl groups is 1. The number of aromatic nitrogens is 2. The Bertz CT molecular complexity index is 1070. The smallest absolute Gasteiger partial charge is 0.175 e. The van der Waals surface area contributed by atoms with Crippen molar-refractivity contribution in [2.24, 2.45) is 0 Å². The first-order valence-corrected chi connectivity index (χ1v) is 10.8. The second kappa shape index (κ2) is 6.90. The molecular formula is C20H21N3O3S. The van der Waals surface area contributed by atoms with Gasteiger partial charge in [0.1, 0.15) is 12.1 Å². The van der Waals surface area contributed by atoms with Crippen molar-refractivity contribution in [3.8, 4) is 11.1 Å². The van der Waals surface area contributed by atoms with Gasteiger partial charge in [-0.25, -0.2) is 18.4 Å². The number of rotatable bonds is 3. The van der Waals surface area contributed by atoms with Crippen LogP contribution in [-0.2, 0) is 9.84 Å².